The summed E-state index contributed by atoms with van der Waals surface area (Å²) in [5.74, 6) is 1.54. The fourth-order valence-electron chi connectivity index (χ4n) is 4.72. The Balaban J connectivity index is 1.49. The number of nitrogens with zero attached hydrogens (tertiary/aromatic N) is 3. The van der Waals surface area contributed by atoms with Crippen LogP contribution in [0.15, 0.2) is 40.2 Å². The molecule has 1 aliphatic carbocycles. The van der Waals surface area contributed by atoms with E-state index in [2.05, 4.69) is 28.6 Å². The van der Waals surface area contributed by atoms with E-state index in [0.717, 1.165) is 67.0 Å². The number of piperidine rings is 1. The Bertz CT molecular complexity index is 1080. The Hall–Kier alpha value is -2.64. The number of methoxy groups -OCH3 is 1. The van der Waals surface area contributed by atoms with Crippen molar-refractivity contribution in [3.8, 4) is 17.1 Å². The van der Waals surface area contributed by atoms with Crippen molar-refractivity contribution in [3.63, 3.8) is 0 Å². The third-order valence-electron chi connectivity index (χ3n) is 6.51. The summed E-state index contributed by atoms with van der Waals surface area (Å²) in [6.45, 7) is 2.47. The van der Waals surface area contributed by atoms with E-state index in [-0.39, 0.29) is 11.9 Å². The second-order valence-corrected chi connectivity index (χ2v) is 9.38. The first-order valence-electron chi connectivity index (χ1n) is 10.8. The smallest absolute Gasteiger partial charge is 0.276 e. The fraction of sp³-hybridized carbons (Fsp3) is 0.417. The molecule has 31 heavy (non-hydrogen) atoms. The van der Waals surface area contributed by atoms with Gasteiger partial charge in [-0.25, -0.2) is 0 Å². The van der Waals surface area contributed by atoms with Crippen molar-refractivity contribution in [2.24, 2.45) is 0 Å². The van der Waals surface area contributed by atoms with Gasteiger partial charge in [-0.15, -0.1) is 11.3 Å². The predicted octanol–water partition coefficient (Wildman–Crippen LogP) is 4.25. The molecule has 3 aromatic rings. The summed E-state index contributed by atoms with van der Waals surface area (Å²) in [5.41, 5.74) is 3.53. The third-order valence-corrected chi connectivity index (χ3v) is 7.49. The topological polar surface area (TPSA) is 58.8 Å². The van der Waals surface area contributed by atoms with E-state index in [0.29, 0.717) is 12.2 Å². The minimum atomic E-state index is -0.0378. The van der Waals surface area contributed by atoms with Gasteiger partial charge in [-0.3, -0.25) is 4.79 Å². The van der Waals surface area contributed by atoms with Crippen LogP contribution in [0.25, 0.3) is 11.3 Å². The first-order valence-corrected chi connectivity index (χ1v) is 11.7. The molecule has 0 atom stereocenters. The van der Waals surface area contributed by atoms with Crippen molar-refractivity contribution < 1.29 is 14.1 Å². The summed E-state index contributed by atoms with van der Waals surface area (Å²) in [4.78, 5) is 19.5. The van der Waals surface area contributed by atoms with Gasteiger partial charge in [0.25, 0.3) is 5.91 Å². The lowest BCUT2D eigenvalue weighted by Crippen LogP contribution is -2.46. The monoisotopic (exact) mass is 437 g/mol. The number of thiophene rings is 1. The van der Waals surface area contributed by atoms with Crippen molar-refractivity contribution in [2.75, 3.05) is 27.2 Å². The molecule has 7 heteroatoms. The van der Waals surface area contributed by atoms with E-state index in [1.54, 1.807) is 18.4 Å². The Morgan fingerprint density at radius 3 is 2.87 bits per heavy atom. The van der Waals surface area contributed by atoms with Crippen LogP contribution in [0.5, 0.6) is 5.75 Å². The molecule has 5 rings (SSSR count). The first kappa shape index (κ1) is 20.3. The number of amides is 1. The molecular weight excluding hydrogens is 410 g/mol. The highest BCUT2D eigenvalue weighted by Crippen LogP contribution is 2.39. The van der Waals surface area contributed by atoms with Crippen LogP contribution < -0.4 is 4.74 Å². The number of fused-ring (bicyclic) bond motifs is 3. The second-order valence-electron chi connectivity index (χ2n) is 8.38. The van der Waals surface area contributed by atoms with E-state index in [9.17, 15) is 4.79 Å². The highest BCUT2D eigenvalue weighted by atomic mass is 32.1. The highest BCUT2D eigenvalue weighted by Gasteiger charge is 2.34. The fourth-order valence-corrected chi connectivity index (χ4v) is 5.60. The number of likely N-dealkylation sites (tertiary alicyclic amines) is 1. The van der Waals surface area contributed by atoms with Crippen molar-refractivity contribution >= 4 is 17.2 Å². The molecule has 6 nitrogen and oxygen atoms in total. The molecule has 0 spiro atoms. The zero-order valence-electron chi connectivity index (χ0n) is 18.0. The largest absolute Gasteiger partial charge is 0.496 e. The lowest BCUT2D eigenvalue weighted by molar-refractivity contribution is 0.0556. The van der Waals surface area contributed by atoms with E-state index in [1.807, 2.05) is 29.2 Å². The van der Waals surface area contributed by atoms with Gasteiger partial charge in [-0.05, 0) is 63.3 Å². The Morgan fingerprint density at radius 1 is 1.26 bits per heavy atom. The van der Waals surface area contributed by atoms with Crippen molar-refractivity contribution in [1.29, 1.82) is 0 Å². The molecule has 1 fully saturated rings. The van der Waals surface area contributed by atoms with Gasteiger partial charge in [0.15, 0.2) is 11.5 Å². The summed E-state index contributed by atoms with van der Waals surface area (Å²) in [6, 6.07) is 10.2. The molecule has 0 unspecified atom stereocenters. The molecule has 0 radical (unpaired) electrons. The van der Waals surface area contributed by atoms with Crippen LogP contribution in [0.3, 0.4) is 0 Å². The van der Waals surface area contributed by atoms with E-state index in [4.69, 9.17) is 9.26 Å². The van der Waals surface area contributed by atoms with Crippen LogP contribution in [0.2, 0.25) is 0 Å². The van der Waals surface area contributed by atoms with Crippen LogP contribution in [0, 0.1) is 0 Å². The first-order chi connectivity index (χ1) is 15.2. The van der Waals surface area contributed by atoms with E-state index >= 15 is 0 Å². The van der Waals surface area contributed by atoms with Crippen LogP contribution in [0.4, 0.5) is 0 Å². The minimum Gasteiger partial charge on any atom is -0.496 e. The molecule has 0 bridgehead atoms. The molecule has 3 heterocycles. The zero-order valence-corrected chi connectivity index (χ0v) is 18.8. The molecule has 162 valence electrons. The number of carbonyl (C=O) groups is 1. The van der Waals surface area contributed by atoms with Crippen LogP contribution >= 0.6 is 11.3 Å². The number of ether oxygens (including phenoxy) is 1. The summed E-state index contributed by atoms with van der Waals surface area (Å²) in [5, 5.41) is 6.37. The predicted molar refractivity (Wildman–Crippen MR) is 121 cm³/mol. The Kier molecular flexibility index (Phi) is 5.54. The number of carbonyl (C=O) groups excluding carboxylic acids is 1. The van der Waals surface area contributed by atoms with E-state index < -0.39 is 0 Å². The maximum atomic E-state index is 13.9. The molecule has 0 N–H and O–H groups in total. The molecule has 2 aromatic heterocycles. The third kappa shape index (κ3) is 3.77. The Labute approximate surface area is 186 Å². The van der Waals surface area contributed by atoms with Gasteiger partial charge in [-0.1, -0.05) is 23.4 Å². The lowest BCUT2D eigenvalue weighted by Gasteiger charge is -2.37. The summed E-state index contributed by atoms with van der Waals surface area (Å²) >= 11 is 1.74. The van der Waals surface area contributed by atoms with Gasteiger partial charge in [0.2, 0.25) is 0 Å². The number of aromatic nitrogens is 1. The molecule has 1 amide bonds. The van der Waals surface area contributed by atoms with E-state index in [1.165, 1.54) is 4.88 Å². The van der Waals surface area contributed by atoms with Gasteiger partial charge in [0.1, 0.15) is 5.75 Å². The van der Waals surface area contributed by atoms with Crippen LogP contribution in [-0.4, -0.2) is 54.2 Å². The van der Waals surface area contributed by atoms with Gasteiger partial charge in [0, 0.05) is 34.2 Å². The van der Waals surface area contributed by atoms with Crippen LogP contribution in [0.1, 0.15) is 39.3 Å². The number of aryl methyl sites for hydroxylation is 1. The van der Waals surface area contributed by atoms with Crippen molar-refractivity contribution in [3.05, 3.63) is 57.4 Å². The summed E-state index contributed by atoms with van der Waals surface area (Å²) in [7, 11) is 3.81. The standard InChI is InChI=1S/C24H27N3O3S/c1-26-12-9-17(10-13-26)27(15-16-5-3-4-6-20(16)29-2)24(28)22-19-7-8-21-18(11-14-31-21)23(19)30-25-22/h3-6,11,14,17H,7-10,12-13,15H2,1-2H3. The molecule has 1 aromatic carbocycles. The number of benzene rings is 1. The number of para-hydroxylation sites is 1. The van der Waals surface area contributed by atoms with Gasteiger partial charge in [-0.2, -0.15) is 0 Å². The SMILES string of the molecule is COc1ccccc1CN(C(=O)c1noc2c1CCc1sccc1-2)C1CCN(C)CC1. The second kappa shape index (κ2) is 8.48. The minimum absolute atomic E-state index is 0.0378. The van der Waals surface area contributed by atoms with Crippen LogP contribution in [-0.2, 0) is 19.4 Å². The normalized spacial score (nSPS) is 16.6. The lowest BCUT2D eigenvalue weighted by atomic mass is 9.94. The molecule has 2 aliphatic rings. The quantitative estimate of drug-likeness (QED) is 0.597. The molecule has 1 aliphatic heterocycles. The Morgan fingerprint density at radius 2 is 2.06 bits per heavy atom. The highest BCUT2D eigenvalue weighted by molar-refractivity contribution is 7.10. The van der Waals surface area contributed by atoms with Gasteiger partial charge >= 0.3 is 0 Å². The summed E-state index contributed by atoms with van der Waals surface area (Å²) < 4.78 is 11.3. The average Bonchev–Trinajstić information content (AvgIpc) is 3.44. The van der Waals surface area contributed by atoms with Crippen molar-refractivity contribution in [1.82, 2.24) is 15.0 Å². The summed E-state index contributed by atoms with van der Waals surface area (Å²) in [6.07, 6.45) is 3.63. The number of rotatable bonds is 5. The average molecular weight is 438 g/mol. The molecule has 1 saturated heterocycles. The van der Waals surface area contributed by atoms with Gasteiger partial charge in [0.05, 0.1) is 7.11 Å². The molecular formula is C24H27N3O3S. The maximum Gasteiger partial charge on any atom is 0.276 e. The zero-order chi connectivity index (χ0) is 21.4. The number of hydrogen-bond acceptors (Lipinski definition) is 6. The maximum absolute atomic E-state index is 13.9. The number of hydrogen-bond donors (Lipinski definition) is 0. The molecule has 0 saturated carbocycles. The van der Waals surface area contributed by atoms with Crippen molar-refractivity contribution in [2.45, 2.75) is 38.3 Å². The van der Waals surface area contributed by atoms with Gasteiger partial charge < -0.3 is 19.1 Å².